The van der Waals surface area contributed by atoms with Gasteiger partial charge in [-0.2, -0.15) is 0 Å². The topological polar surface area (TPSA) is 59.2 Å². The monoisotopic (exact) mass is 493 g/mol. The molecule has 0 bridgehead atoms. The van der Waals surface area contributed by atoms with Crippen LogP contribution in [0.2, 0.25) is 0 Å². The van der Waals surface area contributed by atoms with Crippen LogP contribution in [-0.4, -0.2) is 15.9 Å². The summed E-state index contributed by atoms with van der Waals surface area (Å²) in [4.78, 5) is 23.4. The lowest BCUT2D eigenvalue weighted by Crippen LogP contribution is -2.26. The average Bonchev–Trinajstić information content (AvgIpc) is 3.47. The lowest BCUT2D eigenvalue weighted by atomic mass is 10.2. The third-order valence-electron chi connectivity index (χ3n) is 5.44. The SMILES string of the molecule is Cc1ccc(N(C(=O)CCc2ncc(-c3ccc(F)cc3F)o2)c2nc3ccccc3s2)cc1F. The Labute approximate surface area is 202 Å². The lowest BCUT2D eigenvalue weighted by molar-refractivity contribution is -0.117. The van der Waals surface area contributed by atoms with Crippen molar-refractivity contribution < 1.29 is 22.4 Å². The zero-order valence-electron chi connectivity index (χ0n) is 18.5. The average molecular weight is 494 g/mol. The molecule has 5 nitrogen and oxygen atoms in total. The first-order valence-electron chi connectivity index (χ1n) is 10.7. The van der Waals surface area contributed by atoms with E-state index in [1.165, 1.54) is 34.6 Å². The van der Waals surface area contributed by atoms with Crippen LogP contribution < -0.4 is 4.90 Å². The largest absolute Gasteiger partial charge is 0.441 e. The second-order valence-electron chi connectivity index (χ2n) is 7.87. The summed E-state index contributed by atoms with van der Waals surface area (Å²) in [6, 6.07) is 15.2. The number of oxazole rings is 1. The maximum Gasteiger partial charge on any atom is 0.233 e. The minimum absolute atomic E-state index is 0.0166. The quantitative estimate of drug-likeness (QED) is 0.256. The highest BCUT2D eigenvalue weighted by Gasteiger charge is 2.23. The molecule has 0 aliphatic heterocycles. The summed E-state index contributed by atoms with van der Waals surface area (Å²) in [5.74, 6) is -1.88. The summed E-state index contributed by atoms with van der Waals surface area (Å²) in [5.41, 5.74) is 1.63. The summed E-state index contributed by atoms with van der Waals surface area (Å²) in [7, 11) is 0. The van der Waals surface area contributed by atoms with E-state index in [4.69, 9.17) is 4.42 Å². The van der Waals surface area contributed by atoms with Gasteiger partial charge in [-0.25, -0.2) is 23.1 Å². The van der Waals surface area contributed by atoms with Crippen molar-refractivity contribution in [2.75, 3.05) is 4.90 Å². The summed E-state index contributed by atoms with van der Waals surface area (Å²) < 4.78 is 48.1. The molecule has 0 fully saturated rings. The maximum absolute atomic E-state index is 14.4. The highest BCUT2D eigenvalue weighted by Crippen LogP contribution is 2.35. The van der Waals surface area contributed by atoms with Gasteiger partial charge in [0.2, 0.25) is 5.91 Å². The van der Waals surface area contributed by atoms with E-state index >= 15 is 0 Å². The van der Waals surface area contributed by atoms with Gasteiger partial charge in [-0.15, -0.1) is 0 Å². The van der Waals surface area contributed by atoms with E-state index in [0.29, 0.717) is 16.4 Å². The fourth-order valence-electron chi connectivity index (χ4n) is 3.60. The molecular weight excluding hydrogens is 475 g/mol. The molecule has 5 aromatic rings. The van der Waals surface area contributed by atoms with Crippen molar-refractivity contribution in [3.8, 4) is 11.3 Å². The number of thiazole rings is 1. The summed E-state index contributed by atoms with van der Waals surface area (Å²) in [6.07, 6.45) is 1.44. The molecule has 5 rings (SSSR count). The molecule has 2 heterocycles. The standard InChI is InChI=1S/C26H18F3N3O2S/c1-15-6-8-17(13-19(15)28)32(26-31-21-4-2-3-5-23(21)35-26)25(33)11-10-24-30-14-22(34-24)18-9-7-16(27)12-20(18)29/h2-9,12-14H,10-11H2,1H3. The van der Waals surface area contributed by atoms with Gasteiger partial charge in [-0.05, 0) is 48.9 Å². The van der Waals surface area contributed by atoms with Crippen molar-refractivity contribution in [2.24, 2.45) is 0 Å². The van der Waals surface area contributed by atoms with Gasteiger partial charge in [-0.1, -0.05) is 29.5 Å². The van der Waals surface area contributed by atoms with E-state index in [0.717, 1.165) is 22.3 Å². The van der Waals surface area contributed by atoms with E-state index in [1.807, 2.05) is 24.3 Å². The Morgan fingerprint density at radius 2 is 1.86 bits per heavy atom. The van der Waals surface area contributed by atoms with Gasteiger partial charge in [0.05, 0.1) is 27.7 Å². The maximum atomic E-state index is 14.4. The fraction of sp³-hybridized carbons (Fsp3) is 0.115. The molecule has 2 aromatic heterocycles. The molecule has 0 N–H and O–H groups in total. The highest BCUT2D eigenvalue weighted by molar-refractivity contribution is 7.22. The number of rotatable bonds is 6. The number of carbonyl (C=O) groups is 1. The number of hydrogen-bond acceptors (Lipinski definition) is 5. The van der Waals surface area contributed by atoms with Crippen LogP contribution in [0.1, 0.15) is 17.9 Å². The Hall–Kier alpha value is -3.98. The molecule has 9 heteroatoms. The number of nitrogens with zero attached hydrogens (tertiary/aromatic N) is 3. The number of fused-ring (bicyclic) bond motifs is 1. The molecule has 0 aliphatic carbocycles. The third-order valence-corrected chi connectivity index (χ3v) is 6.46. The number of hydrogen-bond donors (Lipinski definition) is 0. The predicted molar refractivity (Wildman–Crippen MR) is 128 cm³/mol. The molecule has 0 spiro atoms. The molecule has 0 saturated carbocycles. The van der Waals surface area contributed by atoms with Crippen LogP contribution in [0.15, 0.2) is 71.3 Å². The lowest BCUT2D eigenvalue weighted by Gasteiger charge is -2.20. The van der Waals surface area contributed by atoms with Crippen molar-refractivity contribution in [1.29, 1.82) is 0 Å². The molecule has 1 amide bonds. The van der Waals surface area contributed by atoms with Crippen LogP contribution in [-0.2, 0) is 11.2 Å². The number of benzene rings is 3. The smallest absolute Gasteiger partial charge is 0.233 e. The van der Waals surface area contributed by atoms with Crippen LogP contribution in [0, 0.1) is 24.4 Å². The van der Waals surface area contributed by atoms with E-state index in [2.05, 4.69) is 9.97 Å². The van der Waals surface area contributed by atoms with E-state index in [-0.39, 0.29) is 36.0 Å². The number of halogens is 3. The number of aromatic nitrogens is 2. The molecule has 0 unspecified atom stereocenters. The number of amides is 1. The molecule has 0 aliphatic rings. The van der Waals surface area contributed by atoms with Gasteiger partial charge in [0.15, 0.2) is 16.8 Å². The summed E-state index contributed by atoms with van der Waals surface area (Å²) in [5, 5.41) is 0.418. The summed E-state index contributed by atoms with van der Waals surface area (Å²) in [6.45, 7) is 1.65. The van der Waals surface area contributed by atoms with Crippen LogP contribution in [0.25, 0.3) is 21.5 Å². The van der Waals surface area contributed by atoms with Gasteiger partial charge in [0, 0.05) is 18.9 Å². The number of anilines is 2. The normalized spacial score (nSPS) is 11.2. The zero-order chi connectivity index (χ0) is 24.5. The van der Waals surface area contributed by atoms with Crippen LogP contribution >= 0.6 is 11.3 Å². The van der Waals surface area contributed by atoms with Crippen molar-refractivity contribution in [1.82, 2.24) is 9.97 Å². The molecule has 176 valence electrons. The van der Waals surface area contributed by atoms with Gasteiger partial charge in [-0.3, -0.25) is 9.69 Å². The molecule has 0 radical (unpaired) electrons. The third kappa shape index (κ3) is 4.67. The first-order chi connectivity index (χ1) is 16.9. The van der Waals surface area contributed by atoms with Gasteiger partial charge < -0.3 is 4.42 Å². The first-order valence-corrected chi connectivity index (χ1v) is 11.6. The predicted octanol–water partition coefficient (Wildman–Crippen LogP) is 6.97. The first kappa shape index (κ1) is 22.8. The minimum atomic E-state index is -0.771. The van der Waals surface area contributed by atoms with Crippen LogP contribution in [0.3, 0.4) is 0 Å². The zero-order valence-corrected chi connectivity index (χ0v) is 19.3. The van der Waals surface area contributed by atoms with Crippen LogP contribution in [0.5, 0.6) is 0 Å². The van der Waals surface area contributed by atoms with E-state index < -0.39 is 17.5 Å². The van der Waals surface area contributed by atoms with Gasteiger partial charge in [0.1, 0.15) is 17.5 Å². The molecular formula is C26H18F3N3O2S. The van der Waals surface area contributed by atoms with Crippen molar-refractivity contribution >= 4 is 38.3 Å². The summed E-state index contributed by atoms with van der Waals surface area (Å²) >= 11 is 1.32. The van der Waals surface area contributed by atoms with Crippen molar-refractivity contribution in [3.05, 3.63) is 95.8 Å². The molecule has 0 saturated heterocycles. The number of para-hydroxylation sites is 1. The van der Waals surface area contributed by atoms with Crippen molar-refractivity contribution in [3.63, 3.8) is 0 Å². The Balaban J connectivity index is 1.41. The fourth-order valence-corrected chi connectivity index (χ4v) is 4.61. The van der Waals surface area contributed by atoms with E-state index in [9.17, 15) is 18.0 Å². The molecule has 35 heavy (non-hydrogen) atoms. The second-order valence-corrected chi connectivity index (χ2v) is 8.88. The van der Waals surface area contributed by atoms with Gasteiger partial charge in [0.25, 0.3) is 0 Å². The molecule has 0 atom stereocenters. The Morgan fingerprint density at radius 1 is 1.03 bits per heavy atom. The van der Waals surface area contributed by atoms with E-state index in [1.54, 1.807) is 19.1 Å². The highest BCUT2D eigenvalue weighted by atomic mass is 32.1. The van der Waals surface area contributed by atoms with Crippen LogP contribution in [0.4, 0.5) is 24.0 Å². The van der Waals surface area contributed by atoms with Gasteiger partial charge >= 0.3 is 0 Å². The number of aryl methyl sites for hydroxylation is 2. The Kier molecular flexibility index (Phi) is 6.08. The second kappa shape index (κ2) is 9.34. The Morgan fingerprint density at radius 3 is 2.63 bits per heavy atom. The Bertz CT molecular complexity index is 1510. The molecule has 3 aromatic carbocycles. The number of carbonyl (C=O) groups excluding carboxylic acids is 1. The van der Waals surface area contributed by atoms with Crippen molar-refractivity contribution in [2.45, 2.75) is 19.8 Å². The minimum Gasteiger partial charge on any atom is -0.441 e.